The second-order valence-electron chi connectivity index (χ2n) is 3.63. The van der Waals surface area contributed by atoms with Crippen molar-refractivity contribution in [2.24, 2.45) is 0 Å². The minimum atomic E-state index is -0.272. The molecule has 0 aliphatic carbocycles. The average Bonchev–Trinajstić information content (AvgIpc) is 2.35. The van der Waals surface area contributed by atoms with E-state index in [2.05, 4.69) is 11.9 Å². The Bertz CT molecular complexity index is 262. The van der Waals surface area contributed by atoms with Crippen molar-refractivity contribution in [3.8, 4) is 0 Å². The van der Waals surface area contributed by atoms with Gasteiger partial charge < -0.3 is 15.0 Å². The van der Waals surface area contributed by atoms with Crippen molar-refractivity contribution in [3.63, 3.8) is 0 Å². The molecular weight excluding hydrogens is 216 g/mol. The second-order valence-corrected chi connectivity index (χ2v) is 3.63. The van der Waals surface area contributed by atoms with Crippen LogP contribution in [-0.2, 0) is 4.74 Å². The fourth-order valence-corrected chi connectivity index (χ4v) is 1.32. The van der Waals surface area contributed by atoms with Gasteiger partial charge in [-0.1, -0.05) is 25.7 Å². The minimum Gasteiger partial charge on any atom is -0.445 e. The molecule has 17 heavy (non-hydrogen) atoms. The molecule has 0 radical (unpaired) electrons. The van der Waals surface area contributed by atoms with Gasteiger partial charge in [0.05, 0.1) is 0 Å². The largest absolute Gasteiger partial charge is 0.445 e. The normalized spacial score (nSPS) is 11.1. The first-order valence-electron chi connectivity index (χ1n) is 6.07. The molecule has 1 amide bonds. The third-order valence-electron chi connectivity index (χ3n) is 2.36. The summed E-state index contributed by atoms with van der Waals surface area (Å²) in [7, 11) is 1.86. The van der Waals surface area contributed by atoms with Gasteiger partial charge in [0.25, 0.3) is 0 Å². The van der Waals surface area contributed by atoms with E-state index < -0.39 is 0 Å². The molecule has 0 atom stereocenters. The van der Waals surface area contributed by atoms with Crippen LogP contribution in [0.4, 0.5) is 4.79 Å². The van der Waals surface area contributed by atoms with Crippen LogP contribution in [0.1, 0.15) is 20.3 Å². The van der Waals surface area contributed by atoms with E-state index in [9.17, 15) is 4.79 Å². The Balaban J connectivity index is 4.13. The number of allylic oxidation sites excluding steroid dienone is 1. The maximum Gasteiger partial charge on any atom is 0.410 e. The molecule has 98 valence electrons. The van der Waals surface area contributed by atoms with Crippen LogP contribution in [0.25, 0.3) is 0 Å². The first-order valence-corrected chi connectivity index (χ1v) is 6.07. The summed E-state index contributed by atoms with van der Waals surface area (Å²) in [6, 6.07) is 0. The number of nitrogens with zero attached hydrogens (tertiary/aromatic N) is 1. The number of hydrogen-bond donors (Lipinski definition) is 1. The molecule has 0 aromatic heterocycles. The lowest BCUT2D eigenvalue weighted by Gasteiger charge is -2.20. The Morgan fingerprint density at radius 1 is 1.47 bits per heavy atom. The third kappa shape index (κ3) is 6.79. The molecule has 0 fully saturated rings. The van der Waals surface area contributed by atoms with Crippen LogP contribution in [0.3, 0.4) is 0 Å². The van der Waals surface area contributed by atoms with Gasteiger partial charge in [0, 0.05) is 19.6 Å². The zero-order chi connectivity index (χ0) is 13.1. The molecule has 0 aromatic rings. The van der Waals surface area contributed by atoms with Gasteiger partial charge in [-0.15, -0.1) is 0 Å². The molecule has 0 aromatic carbocycles. The SMILES string of the molecule is C=C/C(=C\CC)COC(=O)N(CC)CCNC. The Hall–Kier alpha value is -1.29. The van der Waals surface area contributed by atoms with Gasteiger partial charge in [-0.3, -0.25) is 0 Å². The van der Waals surface area contributed by atoms with E-state index in [0.29, 0.717) is 19.7 Å². The number of nitrogens with one attached hydrogen (secondary N) is 1. The van der Waals surface area contributed by atoms with Crippen molar-refractivity contribution >= 4 is 6.09 Å². The zero-order valence-electron chi connectivity index (χ0n) is 11.2. The lowest BCUT2D eigenvalue weighted by molar-refractivity contribution is 0.113. The van der Waals surface area contributed by atoms with Crippen LogP contribution >= 0.6 is 0 Å². The van der Waals surface area contributed by atoms with Gasteiger partial charge in [-0.05, 0) is 26.0 Å². The molecule has 4 nitrogen and oxygen atoms in total. The highest BCUT2D eigenvalue weighted by Crippen LogP contribution is 2.01. The number of carbonyl (C=O) groups is 1. The predicted molar refractivity (Wildman–Crippen MR) is 71.1 cm³/mol. The fraction of sp³-hybridized carbons (Fsp3) is 0.615. The second kappa shape index (κ2) is 9.90. The standard InChI is InChI=1S/C13H24N2O2/c1-5-8-12(6-2)11-17-13(16)15(7-3)10-9-14-4/h6,8,14H,2,5,7,9-11H2,1,3-4H3/b12-8+. The Kier molecular flexibility index (Phi) is 9.15. The fourth-order valence-electron chi connectivity index (χ4n) is 1.32. The van der Waals surface area contributed by atoms with Crippen LogP contribution in [0.5, 0.6) is 0 Å². The summed E-state index contributed by atoms with van der Waals surface area (Å²) in [5.41, 5.74) is 0.950. The van der Waals surface area contributed by atoms with E-state index >= 15 is 0 Å². The van der Waals surface area contributed by atoms with Crippen LogP contribution in [0.15, 0.2) is 24.3 Å². The molecule has 0 heterocycles. The number of carbonyl (C=O) groups excluding carboxylic acids is 1. The number of likely N-dealkylation sites (N-methyl/N-ethyl adjacent to an activating group) is 2. The summed E-state index contributed by atoms with van der Waals surface area (Å²) in [5.74, 6) is 0. The summed E-state index contributed by atoms with van der Waals surface area (Å²) >= 11 is 0. The van der Waals surface area contributed by atoms with E-state index in [0.717, 1.165) is 18.5 Å². The summed E-state index contributed by atoms with van der Waals surface area (Å²) in [5, 5.41) is 3.01. The molecule has 1 N–H and O–H groups in total. The van der Waals surface area contributed by atoms with Gasteiger partial charge in [-0.25, -0.2) is 4.79 Å². The molecule has 0 bridgehead atoms. The molecule has 4 heteroatoms. The van der Waals surface area contributed by atoms with E-state index in [1.54, 1.807) is 11.0 Å². The van der Waals surface area contributed by atoms with Gasteiger partial charge in [0.15, 0.2) is 0 Å². The first kappa shape index (κ1) is 15.7. The van der Waals surface area contributed by atoms with Crippen molar-refractivity contribution in [1.29, 1.82) is 0 Å². The smallest absolute Gasteiger partial charge is 0.410 e. The highest BCUT2D eigenvalue weighted by atomic mass is 16.6. The average molecular weight is 240 g/mol. The number of rotatable bonds is 8. The highest BCUT2D eigenvalue weighted by Gasteiger charge is 2.12. The van der Waals surface area contributed by atoms with Crippen molar-refractivity contribution in [2.75, 3.05) is 33.3 Å². The van der Waals surface area contributed by atoms with Crippen molar-refractivity contribution in [1.82, 2.24) is 10.2 Å². The first-order chi connectivity index (χ1) is 8.19. The number of amides is 1. The van der Waals surface area contributed by atoms with Gasteiger partial charge >= 0.3 is 6.09 Å². The molecular formula is C13H24N2O2. The van der Waals surface area contributed by atoms with E-state index in [1.165, 1.54) is 0 Å². The topological polar surface area (TPSA) is 41.6 Å². The van der Waals surface area contributed by atoms with E-state index in [1.807, 2.05) is 27.0 Å². The molecule has 0 spiro atoms. The van der Waals surface area contributed by atoms with Gasteiger partial charge in [0.2, 0.25) is 0 Å². The molecule has 0 saturated heterocycles. The third-order valence-corrected chi connectivity index (χ3v) is 2.36. The Morgan fingerprint density at radius 2 is 2.18 bits per heavy atom. The summed E-state index contributed by atoms with van der Waals surface area (Å²) in [6.07, 6.45) is 4.37. The van der Waals surface area contributed by atoms with Crippen LogP contribution < -0.4 is 5.32 Å². The maximum atomic E-state index is 11.7. The summed E-state index contributed by atoms with van der Waals surface area (Å²) in [6.45, 7) is 10.0. The number of ether oxygens (including phenoxy) is 1. The lowest BCUT2D eigenvalue weighted by atomic mass is 10.2. The Morgan fingerprint density at radius 3 is 2.65 bits per heavy atom. The minimum absolute atomic E-state index is 0.272. The van der Waals surface area contributed by atoms with Gasteiger partial charge in [0.1, 0.15) is 6.61 Å². The van der Waals surface area contributed by atoms with Crippen molar-refractivity contribution in [3.05, 3.63) is 24.3 Å². The van der Waals surface area contributed by atoms with Gasteiger partial charge in [-0.2, -0.15) is 0 Å². The summed E-state index contributed by atoms with van der Waals surface area (Å²) < 4.78 is 5.22. The van der Waals surface area contributed by atoms with Crippen LogP contribution in [0, 0.1) is 0 Å². The summed E-state index contributed by atoms with van der Waals surface area (Å²) in [4.78, 5) is 13.4. The molecule has 0 aliphatic rings. The molecule has 0 saturated carbocycles. The highest BCUT2D eigenvalue weighted by molar-refractivity contribution is 5.67. The number of hydrogen-bond acceptors (Lipinski definition) is 3. The van der Waals surface area contributed by atoms with E-state index in [-0.39, 0.29) is 6.09 Å². The molecule has 0 aliphatic heterocycles. The maximum absolute atomic E-state index is 11.7. The predicted octanol–water partition coefficient (Wildman–Crippen LogP) is 2.19. The van der Waals surface area contributed by atoms with Crippen LogP contribution in [-0.4, -0.2) is 44.3 Å². The van der Waals surface area contributed by atoms with Crippen molar-refractivity contribution < 1.29 is 9.53 Å². The molecule has 0 unspecified atom stereocenters. The zero-order valence-corrected chi connectivity index (χ0v) is 11.2. The molecule has 0 rings (SSSR count). The lowest BCUT2D eigenvalue weighted by Crippen LogP contribution is -2.36. The monoisotopic (exact) mass is 240 g/mol. The Labute approximate surface area is 104 Å². The van der Waals surface area contributed by atoms with Crippen LogP contribution in [0.2, 0.25) is 0 Å². The quantitative estimate of drug-likeness (QED) is 0.661. The van der Waals surface area contributed by atoms with Crippen molar-refractivity contribution in [2.45, 2.75) is 20.3 Å². The van der Waals surface area contributed by atoms with E-state index in [4.69, 9.17) is 4.74 Å².